The number of rotatable bonds is 11. The Balaban J connectivity index is 1.63. The number of ether oxygens (including phenoxy) is 3. The molecule has 1 heterocycles. The fourth-order valence-corrected chi connectivity index (χ4v) is 3.35. The van der Waals surface area contributed by atoms with Gasteiger partial charge in [0, 0.05) is 5.56 Å². The number of hydrogen-bond acceptors (Lipinski definition) is 6. The molecule has 3 rings (SSSR count). The van der Waals surface area contributed by atoms with Crippen LogP contribution in [0.4, 0.5) is 0 Å². The summed E-state index contributed by atoms with van der Waals surface area (Å²) in [6, 6.07) is 11.7. The van der Waals surface area contributed by atoms with Crippen LogP contribution < -0.4 is 19.9 Å². The second-order valence-corrected chi connectivity index (χ2v) is 7.69. The molecule has 1 unspecified atom stereocenters. The molecule has 0 aromatic heterocycles. The minimum Gasteiger partial charge on any atom is -0.494 e. The minimum atomic E-state index is -2.04. The van der Waals surface area contributed by atoms with Crippen LogP contribution in [-0.2, 0) is 4.79 Å². The summed E-state index contributed by atoms with van der Waals surface area (Å²) in [5, 5.41) is 9.31. The number of ketones is 1. The molecule has 2 aromatic rings. The van der Waals surface area contributed by atoms with Crippen LogP contribution in [0.2, 0.25) is 0 Å². The number of aliphatic carboxylic acids is 1. The Kier molecular flexibility index (Phi) is 7.52. The van der Waals surface area contributed by atoms with Crippen molar-refractivity contribution >= 4 is 11.8 Å². The second kappa shape index (κ2) is 10.3. The molecule has 3 N–H and O–H groups in total. The lowest BCUT2D eigenvalue weighted by Gasteiger charge is -2.32. The first-order valence-electron chi connectivity index (χ1n) is 10.7. The normalized spacial score (nSPS) is 17.2. The number of carbonyl (C=O) groups is 2. The minimum absolute atomic E-state index is 0.0343. The maximum absolute atomic E-state index is 13.0. The summed E-state index contributed by atoms with van der Waals surface area (Å²) in [5.41, 5.74) is 4.33. The number of hydrogen-bond donors (Lipinski definition) is 2. The highest BCUT2D eigenvalue weighted by Gasteiger charge is 2.43. The van der Waals surface area contributed by atoms with Gasteiger partial charge in [0.2, 0.25) is 0 Å². The average Bonchev–Trinajstić information content (AvgIpc) is 2.78. The Morgan fingerprint density at radius 3 is 2.48 bits per heavy atom. The zero-order valence-electron chi connectivity index (χ0n) is 17.8. The van der Waals surface area contributed by atoms with E-state index in [0.717, 1.165) is 12.8 Å². The first-order chi connectivity index (χ1) is 14.9. The Morgan fingerprint density at radius 2 is 1.77 bits per heavy atom. The Bertz CT molecular complexity index is 911. The molecule has 1 aliphatic heterocycles. The van der Waals surface area contributed by atoms with Gasteiger partial charge in [-0.15, -0.1) is 0 Å². The van der Waals surface area contributed by atoms with E-state index in [1.165, 1.54) is 25.7 Å². The van der Waals surface area contributed by atoms with Gasteiger partial charge in [-0.2, -0.15) is 0 Å². The van der Waals surface area contributed by atoms with Crippen LogP contribution in [0.25, 0.3) is 0 Å². The zero-order chi connectivity index (χ0) is 22.3. The summed E-state index contributed by atoms with van der Waals surface area (Å²) in [6.45, 7) is 2.49. The lowest BCUT2D eigenvalue weighted by molar-refractivity contribution is -0.160. The van der Waals surface area contributed by atoms with E-state index in [0.29, 0.717) is 17.9 Å². The van der Waals surface area contributed by atoms with Gasteiger partial charge in [0.1, 0.15) is 5.75 Å². The van der Waals surface area contributed by atoms with Gasteiger partial charge in [-0.05, 0) is 42.8 Å². The van der Waals surface area contributed by atoms with E-state index in [9.17, 15) is 14.7 Å². The summed E-state index contributed by atoms with van der Waals surface area (Å²) in [7, 11) is 0. The van der Waals surface area contributed by atoms with Crippen molar-refractivity contribution in [2.45, 2.75) is 51.2 Å². The van der Waals surface area contributed by atoms with Crippen LogP contribution >= 0.6 is 0 Å². The molecule has 31 heavy (non-hydrogen) atoms. The highest BCUT2D eigenvalue weighted by atomic mass is 16.6. The van der Waals surface area contributed by atoms with E-state index in [1.54, 1.807) is 42.5 Å². The van der Waals surface area contributed by atoms with Gasteiger partial charge in [-0.3, -0.25) is 10.5 Å². The standard InChI is InChI=1S/C24H29NO6/c1-2-3-4-5-6-7-15-29-18-13-11-17(12-14-18)21(26)19-9-8-10-20-22(19)31-24(25,16-30-20)23(27)28/h8-14H,2-7,15-16,25H2,1H3,(H,27,28). The van der Waals surface area contributed by atoms with Crippen molar-refractivity contribution in [1.82, 2.24) is 0 Å². The lowest BCUT2D eigenvalue weighted by Crippen LogP contribution is -2.59. The molecule has 0 radical (unpaired) electrons. The maximum Gasteiger partial charge on any atom is 0.367 e. The highest BCUT2D eigenvalue weighted by Crippen LogP contribution is 2.38. The molecule has 0 spiro atoms. The first-order valence-corrected chi connectivity index (χ1v) is 10.7. The molecule has 7 heteroatoms. The predicted octanol–water partition coefficient (Wildman–Crippen LogP) is 4.17. The molecule has 0 bridgehead atoms. The third-order valence-electron chi connectivity index (χ3n) is 5.19. The molecule has 0 fully saturated rings. The maximum atomic E-state index is 13.0. The van der Waals surface area contributed by atoms with Crippen molar-refractivity contribution in [3.05, 3.63) is 53.6 Å². The number of unbranched alkanes of at least 4 members (excludes halogenated alkanes) is 5. The summed E-state index contributed by atoms with van der Waals surface area (Å²) >= 11 is 0. The third kappa shape index (κ3) is 5.55. The Morgan fingerprint density at radius 1 is 1.06 bits per heavy atom. The first kappa shape index (κ1) is 22.6. The van der Waals surface area contributed by atoms with Gasteiger partial charge < -0.3 is 19.3 Å². The van der Waals surface area contributed by atoms with Gasteiger partial charge in [-0.25, -0.2) is 4.79 Å². The van der Waals surface area contributed by atoms with E-state index in [1.807, 2.05) is 0 Å². The van der Waals surface area contributed by atoms with E-state index in [4.69, 9.17) is 19.9 Å². The zero-order valence-corrected chi connectivity index (χ0v) is 17.8. The molecule has 0 amide bonds. The quantitative estimate of drug-likeness (QED) is 0.409. The molecular weight excluding hydrogens is 398 g/mol. The van der Waals surface area contributed by atoms with Crippen molar-refractivity contribution in [1.29, 1.82) is 0 Å². The molecule has 7 nitrogen and oxygen atoms in total. The van der Waals surface area contributed by atoms with Crippen molar-refractivity contribution in [3.8, 4) is 17.2 Å². The number of carbonyl (C=O) groups excluding carboxylic acids is 1. The average molecular weight is 427 g/mol. The lowest BCUT2D eigenvalue weighted by atomic mass is 10.0. The molecule has 1 aliphatic rings. The number of carboxylic acids is 1. The largest absolute Gasteiger partial charge is 0.494 e. The molecular formula is C24H29NO6. The number of carboxylic acid groups (broad SMARTS) is 1. The molecule has 2 aromatic carbocycles. The van der Waals surface area contributed by atoms with Crippen molar-refractivity contribution in [2.75, 3.05) is 13.2 Å². The van der Waals surface area contributed by atoms with Crippen LogP contribution in [-0.4, -0.2) is 35.8 Å². The van der Waals surface area contributed by atoms with Crippen LogP contribution in [0.5, 0.6) is 17.2 Å². The Hall–Kier alpha value is -3.06. The van der Waals surface area contributed by atoms with E-state index >= 15 is 0 Å². The number of nitrogens with two attached hydrogens (primary N) is 1. The molecule has 1 atom stereocenters. The summed E-state index contributed by atoms with van der Waals surface area (Å²) in [5.74, 6) is -0.671. The van der Waals surface area contributed by atoms with Crippen molar-refractivity contribution in [3.63, 3.8) is 0 Å². The SMILES string of the molecule is CCCCCCCCOc1ccc(C(=O)c2cccc3c2OC(N)(C(=O)O)CO3)cc1. The van der Waals surface area contributed by atoms with Crippen molar-refractivity contribution < 1.29 is 28.9 Å². The van der Waals surface area contributed by atoms with E-state index in [-0.39, 0.29) is 29.5 Å². The van der Waals surface area contributed by atoms with Gasteiger partial charge in [0.15, 0.2) is 23.9 Å². The summed E-state index contributed by atoms with van der Waals surface area (Å²) in [6.07, 6.45) is 7.16. The highest BCUT2D eigenvalue weighted by molar-refractivity contribution is 6.11. The van der Waals surface area contributed by atoms with Crippen LogP contribution in [0.1, 0.15) is 61.4 Å². The summed E-state index contributed by atoms with van der Waals surface area (Å²) in [4.78, 5) is 24.5. The summed E-state index contributed by atoms with van der Waals surface area (Å²) < 4.78 is 16.7. The molecule has 0 saturated heterocycles. The number of fused-ring (bicyclic) bond motifs is 1. The fraction of sp³-hybridized carbons (Fsp3) is 0.417. The van der Waals surface area contributed by atoms with Crippen LogP contribution in [0.3, 0.4) is 0 Å². The molecule has 0 saturated carbocycles. The van der Waals surface area contributed by atoms with Gasteiger partial charge in [0.25, 0.3) is 5.72 Å². The fourth-order valence-electron chi connectivity index (χ4n) is 3.35. The van der Waals surface area contributed by atoms with Crippen LogP contribution in [0, 0.1) is 0 Å². The van der Waals surface area contributed by atoms with E-state index < -0.39 is 11.7 Å². The molecule has 0 aliphatic carbocycles. The number of para-hydroxylation sites is 1. The number of benzene rings is 2. The van der Waals surface area contributed by atoms with Gasteiger partial charge >= 0.3 is 5.97 Å². The second-order valence-electron chi connectivity index (χ2n) is 7.69. The van der Waals surface area contributed by atoms with Crippen LogP contribution in [0.15, 0.2) is 42.5 Å². The monoisotopic (exact) mass is 427 g/mol. The smallest absolute Gasteiger partial charge is 0.367 e. The predicted molar refractivity (Wildman–Crippen MR) is 116 cm³/mol. The topological polar surface area (TPSA) is 108 Å². The van der Waals surface area contributed by atoms with Gasteiger partial charge in [0.05, 0.1) is 12.2 Å². The Labute approximate surface area is 182 Å². The third-order valence-corrected chi connectivity index (χ3v) is 5.19. The van der Waals surface area contributed by atoms with Gasteiger partial charge in [-0.1, -0.05) is 45.1 Å². The van der Waals surface area contributed by atoms with Crippen molar-refractivity contribution in [2.24, 2.45) is 5.73 Å². The van der Waals surface area contributed by atoms with E-state index in [2.05, 4.69) is 6.92 Å². The molecule has 166 valence electrons.